The van der Waals surface area contributed by atoms with Gasteiger partial charge in [-0.05, 0) is 59.8 Å². The lowest BCUT2D eigenvalue weighted by molar-refractivity contribution is -0.132. The smallest absolute Gasteiger partial charge is 0.407 e. The van der Waals surface area contributed by atoms with Gasteiger partial charge < -0.3 is 30.0 Å². The summed E-state index contributed by atoms with van der Waals surface area (Å²) in [7, 11) is 1.27. The monoisotopic (exact) mass is 664 g/mol. The van der Waals surface area contributed by atoms with E-state index in [1.54, 1.807) is 12.4 Å². The number of fused-ring (bicyclic) bond motifs is 2. The average molecular weight is 665 g/mol. The molecule has 14 heteroatoms. The molecule has 7 atom stereocenters. The van der Waals surface area contributed by atoms with Crippen LogP contribution in [0, 0.1) is 11.8 Å². The number of likely N-dealkylation sites (tertiary alicyclic amines) is 2. The van der Waals surface area contributed by atoms with Crippen molar-refractivity contribution in [3.8, 4) is 33.6 Å². The molecule has 4 fully saturated rings. The van der Waals surface area contributed by atoms with Gasteiger partial charge in [0.15, 0.2) is 6.29 Å². The van der Waals surface area contributed by atoms with E-state index in [0.717, 1.165) is 71.0 Å². The highest BCUT2D eigenvalue weighted by Gasteiger charge is 2.56. The molecule has 2 aliphatic heterocycles. The molecule has 2 aromatic heterocycles. The molecular formula is C35H36N8O6. The van der Waals surface area contributed by atoms with Gasteiger partial charge >= 0.3 is 12.2 Å². The number of nitrogens with zero attached hydrogens (tertiary/aromatic N) is 4. The van der Waals surface area contributed by atoms with Crippen molar-refractivity contribution in [2.75, 3.05) is 13.7 Å². The Hall–Kier alpha value is -5.50. The maximum Gasteiger partial charge on any atom is 0.407 e. The largest absolute Gasteiger partial charge is 0.465 e. The number of alkyl carbamates (subject to hydrolysis) is 1. The van der Waals surface area contributed by atoms with Crippen LogP contribution in [0.3, 0.4) is 0 Å². The van der Waals surface area contributed by atoms with Crippen molar-refractivity contribution in [3.63, 3.8) is 0 Å². The van der Waals surface area contributed by atoms with E-state index < -0.39 is 18.4 Å². The Morgan fingerprint density at radius 2 is 1.39 bits per heavy atom. The number of aromatic amines is 2. The second kappa shape index (κ2) is 12.2. The third-order valence-corrected chi connectivity index (χ3v) is 10.4. The Bertz CT molecular complexity index is 1900. The fraction of sp³-hybridized carbons (Fsp3) is 0.371. The maximum atomic E-state index is 13.0. The summed E-state index contributed by atoms with van der Waals surface area (Å²) in [4.78, 5) is 67.3. The number of hydrogen-bond acceptors (Lipinski definition) is 8. The summed E-state index contributed by atoms with van der Waals surface area (Å²) >= 11 is 0. The van der Waals surface area contributed by atoms with Gasteiger partial charge in [0, 0.05) is 12.1 Å². The number of benzene rings is 2. The van der Waals surface area contributed by atoms with Crippen molar-refractivity contribution < 1.29 is 29.0 Å². The first-order valence-electron chi connectivity index (χ1n) is 16.5. The topological polar surface area (TPSA) is 186 Å². The maximum absolute atomic E-state index is 13.0. The zero-order valence-electron chi connectivity index (χ0n) is 26.7. The number of H-pyrrole nitrogens is 2. The summed E-state index contributed by atoms with van der Waals surface area (Å²) in [6, 6.07) is 16.4. The fourth-order valence-electron chi connectivity index (χ4n) is 7.81. The Morgan fingerprint density at radius 1 is 0.857 bits per heavy atom. The predicted octanol–water partition coefficient (Wildman–Crippen LogP) is 4.08. The van der Waals surface area contributed by atoms with Crippen molar-refractivity contribution in [2.45, 2.75) is 56.0 Å². The van der Waals surface area contributed by atoms with Crippen molar-refractivity contribution in [1.82, 2.24) is 40.4 Å². The van der Waals surface area contributed by atoms with Crippen LogP contribution in [-0.2, 0) is 14.3 Å². The number of hydrogen-bond donors (Lipinski definition) is 5. The molecule has 4 aliphatic rings. The standard InChI is InChI=1S/C35H36N8O6/c1-49-35(48)38-16-31(45)43-27-11-23(27)13-29(43)33-37-15-25(40-33)21-8-4-19(5-9-21)18-2-6-20(7-3-18)24-14-36-32(39-24)28-12-22-10-26(22)42(28)30(17-44)41-34(46)47/h2-9,14-15,17,22-23,26-30,41H,10-13,16H2,1H3,(H,36,39)(H,37,40)(H,38,48)(H,46,47)/t22-,23-,26-,27-,28-,29-,30?/m0/s1. The number of imidazole rings is 2. The normalized spacial score (nSPS) is 25.6. The van der Waals surface area contributed by atoms with Crippen molar-refractivity contribution in [2.24, 2.45) is 11.8 Å². The Kier molecular flexibility index (Phi) is 7.66. The fourth-order valence-corrected chi connectivity index (χ4v) is 7.81. The molecule has 4 heterocycles. The van der Waals surface area contributed by atoms with Gasteiger partial charge in [0.25, 0.3) is 0 Å². The summed E-state index contributed by atoms with van der Waals surface area (Å²) in [6.07, 6.45) is 5.08. The Morgan fingerprint density at radius 3 is 1.96 bits per heavy atom. The van der Waals surface area contributed by atoms with Crippen LogP contribution in [0.4, 0.5) is 9.59 Å². The van der Waals surface area contributed by atoms with Crippen LogP contribution in [0.5, 0.6) is 0 Å². The van der Waals surface area contributed by atoms with Crippen LogP contribution < -0.4 is 10.6 Å². The zero-order chi connectivity index (χ0) is 33.8. The molecule has 4 aromatic rings. The minimum atomic E-state index is -1.23. The molecule has 3 amide bonds. The van der Waals surface area contributed by atoms with Gasteiger partial charge in [-0.15, -0.1) is 0 Å². The van der Waals surface area contributed by atoms with E-state index in [1.165, 1.54) is 7.11 Å². The second-order valence-electron chi connectivity index (χ2n) is 13.3. The molecule has 14 nitrogen and oxygen atoms in total. The first-order valence-corrected chi connectivity index (χ1v) is 16.5. The molecule has 0 spiro atoms. The van der Waals surface area contributed by atoms with Gasteiger partial charge in [-0.3, -0.25) is 19.8 Å². The van der Waals surface area contributed by atoms with Gasteiger partial charge in [-0.2, -0.15) is 0 Å². The Labute approximate surface area is 281 Å². The summed E-state index contributed by atoms with van der Waals surface area (Å²) in [5.74, 6) is 2.24. The highest BCUT2D eigenvalue weighted by molar-refractivity contribution is 5.83. The number of methoxy groups -OCH3 is 1. The van der Waals surface area contributed by atoms with Gasteiger partial charge in [-0.1, -0.05) is 48.5 Å². The van der Waals surface area contributed by atoms with Gasteiger partial charge in [0.05, 0.1) is 43.0 Å². The third-order valence-electron chi connectivity index (χ3n) is 10.4. The van der Waals surface area contributed by atoms with E-state index in [-0.39, 0.29) is 36.6 Å². The molecule has 2 saturated carbocycles. The van der Waals surface area contributed by atoms with Crippen LogP contribution in [0.15, 0.2) is 60.9 Å². The number of amides is 3. The van der Waals surface area contributed by atoms with E-state index in [2.05, 4.69) is 59.6 Å². The molecule has 49 heavy (non-hydrogen) atoms. The number of carbonyl (C=O) groups is 4. The second-order valence-corrected chi connectivity index (χ2v) is 13.3. The van der Waals surface area contributed by atoms with Crippen LogP contribution in [0.25, 0.3) is 33.6 Å². The van der Waals surface area contributed by atoms with Crippen LogP contribution in [0.1, 0.15) is 49.4 Å². The molecule has 2 aromatic carbocycles. The number of aromatic nitrogens is 4. The highest BCUT2D eigenvalue weighted by Crippen LogP contribution is 2.54. The number of carboxylic acid groups (broad SMARTS) is 1. The molecule has 2 aliphatic carbocycles. The summed E-state index contributed by atoms with van der Waals surface area (Å²) in [6.45, 7) is -0.109. The van der Waals surface area contributed by atoms with Crippen LogP contribution >= 0.6 is 0 Å². The number of ether oxygens (including phenoxy) is 1. The average Bonchev–Trinajstić information content (AvgIpc) is 3.71. The van der Waals surface area contributed by atoms with Crippen molar-refractivity contribution >= 4 is 24.4 Å². The molecule has 0 bridgehead atoms. The SMILES string of the molecule is COC(=O)NCC(=O)N1[C@H](c2ncc(-c3ccc(-c4ccc(-c5cnc([C@@H]6C[C@@H]7C[C@@H]7N6C(C=O)NC(=O)O)[nH]5)cc4)cc3)[nH]2)C[C@@H]2C[C@@H]21. The molecular weight excluding hydrogens is 628 g/mol. The van der Waals surface area contributed by atoms with E-state index in [4.69, 9.17) is 0 Å². The number of nitrogens with one attached hydrogen (secondary N) is 4. The molecule has 0 radical (unpaired) electrons. The predicted molar refractivity (Wildman–Crippen MR) is 176 cm³/mol. The van der Waals surface area contributed by atoms with Gasteiger partial charge in [0.2, 0.25) is 5.91 Å². The first-order chi connectivity index (χ1) is 23.8. The summed E-state index contributed by atoms with van der Waals surface area (Å²) in [5, 5.41) is 14.0. The molecule has 1 unspecified atom stereocenters. The highest BCUT2D eigenvalue weighted by atomic mass is 16.5. The van der Waals surface area contributed by atoms with Crippen LogP contribution in [-0.4, -0.2) is 91.1 Å². The van der Waals surface area contributed by atoms with Crippen LogP contribution in [0.2, 0.25) is 0 Å². The van der Waals surface area contributed by atoms with E-state index in [1.807, 2.05) is 34.1 Å². The lowest BCUT2D eigenvalue weighted by Gasteiger charge is -2.30. The minimum absolute atomic E-state index is 0.109. The molecule has 5 N–H and O–H groups in total. The number of carbonyl (C=O) groups excluding carboxylic acids is 3. The first kappa shape index (κ1) is 30.8. The quantitative estimate of drug-likeness (QED) is 0.156. The van der Waals surface area contributed by atoms with Crippen molar-refractivity contribution in [1.29, 1.82) is 0 Å². The zero-order valence-corrected chi connectivity index (χ0v) is 26.7. The minimum Gasteiger partial charge on any atom is -0.465 e. The molecule has 2 saturated heterocycles. The van der Waals surface area contributed by atoms with E-state index in [9.17, 15) is 24.3 Å². The summed E-state index contributed by atoms with van der Waals surface area (Å²) in [5.41, 5.74) is 5.76. The number of rotatable bonds is 10. The van der Waals surface area contributed by atoms with Gasteiger partial charge in [-0.25, -0.2) is 19.6 Å². The van der Waals surface area contributed by atoms with Gasteiger partial charge in [0.1, 0.15) is 24.4 Å². The molecule has 252 valence electrons. The lowest BCUT2D eigenvalue weighted by Crippen LogP contribution is -2.50. The number of aldehydes is 1. The van der Waals surface area contributed by atoms with E-state index in [0.29, 0.717) is 18.1 Å². The lowest BCUT2D eigenvalue weighted by atomic mass is 10.0. The molecule has 8 rings (SSSR count). The van der Waals surface area contributed by atoms with Crippen molar-refractivity contribution in [3.05, 3.63) is 72.6 Å². The number of piperidine rings is 2. The Balaban J connectivity index is 0.928. The van der Waals surface area contributed by atoms with E-state index >= 15 is 0 Å². The summed E-state index contributed by atoms with van der Waals surface area (Å²) < 4.78 is 4.60. The third kappa shape index (κ3) is 5.81.